The molecule has 118 valence electrons. The van der Waals surface area contributed by atoms with Gasteiger partial charge in [0.2, 0.25) is 9.84 Å². The monoisotopic (exact) mass is 319 g/mol. The van der Waals surface area contributed by atoms with E-state index in [0.29, 0.717) is 0 Å². The molecule has 0 aromatic heterocycles. The van der Waals surface area contributed by atoms with E-state index in [1.807, 2.05) is 6.92 Å². The highest BCUT2D eigenvalue weighted by Crippen LogP contribution is 2.23. The van der Waals surface area contributed by atoms with E-state index in [9.17, 15) is 17.2 Å². The van der Waals surface area contributed by atoms with Gasteiger partial charge in [-0.1, -0.05) is 0 Å². The molecule has 0 aliphatic carbocycles. The third-order valence-electron chi connectivity index (χ3n) is 3.59. The van der Waals surface area contributed by atoms with Crippen molar-refractivity contribution in [2.45, 2.75) is 36.5 Å². The summed E-state index contributed by atoms with van der Waals surface area (Å²) in [5.74, 6) is -3.39. The van der Waals surface area contributed by atoms with Crippen LogP contribution in [-0.2, 0) is 14.6 Å². The lowest BCUT2D eigenvalue weighted by atomic mass is 10.2. The first kappa shape index (κ1) is 16.2. The molecule has 1 saturated heterocycles. The Morgan fingerprint density at radius 2 is 2.00 bits per heavy atom. The Hall–Kier alpha value is -1.21. The SMILES string of the molecule is CCN(CC1CCCO1)c1ccc(S(=O)(=O)C(F)F)cc1. The number of alkyl halides is 2. The molecule has 4 nitrogen and oxygen atoms in total. The third-order valence-corrected chi connectivity index (χ3v) is 4.99. The van der Waals surface area contributed by atoms with Gasteiger partial charge < -0.3 is 9.64 Å². The average Bonchev–Trinajstić information content (AvgIpc) is 2.97. The van der Waals surface area contributed by atoms with Crippen LogP contribution < -0.4 is 4.90 Å². The van der Waals surface area contributed by atoms with Crippen LogP contribution in [0.4, 0.5) is 14.5 Å². The van der Waals surface area contributed by atoms with Crippen molar-refractivity contribution in [3.05, 3.63) is 24.3 Å². The minimum atomic E-state index is -4.52. The van der Waals surface area contributed by atoms with E-state index in [0.717, 1.165) is 38.2 Å². The zero-order chi connectivity index (χ0) is 15.5. The zero-order valence-electron chi connectivity index (χ0n) is 11.8. The molecule has 7 heteroatoms. The first-order valence-corrected chi connectivity index (χ1v) is 8.48. The van der Waals surface area contributed by atoms with Crippen LogP contribution in [0, 0.1) is 0 Å². The average molecular weight is 319 g/mol. The van der Waals surface area contributed by atoms with Gasteiger partial charge in [0.15, 0.2) is 0 Å². The quantitative estimate of drug-likeness (QED) is 0.809. The van der Waals surface area contributed by atoms with Crippen molar-refractivity contribution in [1.82, 2.24) is 0 Å². The standard InChI is InChI=1S/C14H19F2NO3S/c1-2-17(10-12-4-3-9-20-12)11-5-7-13(8-6-11)21(18,19)14(15)16/h5-8,12,14H,2-4,9-10H2,1H3. The Balaban J connectivity index is 2.13. The highest BCUT2D eigenvalue weighted by atomic mass is 32.2. The number of likely N-dealkylation sites (N-methyl/N-ethyl adjacent to an activating group) is 1. The Kier molecular flexibility index (Phi) is 5.16. The van der Waals surface area contributed by atoms with Crippen molar-refractivity contribution in [2.75, 3.05) is 24.6 Å². The maximum absolute atomic E-state index is 12.5. The van der Waals surface area contributed by atoms with E-state index in [1.165, 1.54) is 12.1 Å². The third kappa shape index (κ3) is 3.71. The van der Waals surface area contributed by atoms with Crippen molar-refractivity contribution in [2.24, 2.45) is 0 Å². The van der Waals surface area contributed by atoms with E-state index in [2.05, 4.69) is 4.90 Å². The van der Waals surface area contributed by atoms with Gasteiger partial charge in [0.25, 0.3) is 0 Å². The van der Waals surface area contributed by atoms with Gasteiger partial charge in [-0.2, -0.15) is 8.78 Å². The number of nitrogens with zero attached hydrogens (tertiary/aromatic N) is 1. The summed E-state index contributed by atoms with van der Waals surface area (Å²) in [6.45, 7) is 4.21. The molecule has 1 aromatic carbocycles. The first-order valence-electron chi connectivity index (χ1n) is 6.94. The molecule has 1 aliphatic rings. The van der Waals surface area contributed by atoms with Crippen LogP contribution in [0.15, 0.2) is 29.2 Å². The molecular weight excluding hydrogens is 300 g/mol. The molecule has 2 rings (SSSR count). The highest BCUT2D eigenvalue weighted by Gasteiger charge is 2.26. The lowest BCUT2D eigenvalue weighted by Crippen LogP contribution is -2.32. The number of ether oxygens (including phenoxy) is 1. The zero-order valence-corrected chi connectivity index (χ0v) is 12.7. The molecule has 0 radical (unpaired) electrons. The van der Waals surface area contributed by atoms with Crippen molar-refractivity contribution in [3.63, 3.8) is 0 Å². The Labute approximate surface area is 123 Å². The molecule has 0 amide bonds. The predicted octanol–water partition coefficient (Wildman–Crippen LogP) is 2.69. The number of rotatable bonds is 6. The minimum Gasteiger partial charge on any atom is -0.376 e. The summed E-state index contributed by atoms with van der Waals surface area (Å²) >= 11 is 0. The molecule has 1 fully saturated rings. The lowest BCUT2D eigenvalue weighted by molar-refractivity contribution is 0.115. The summed E-state index contributed by atoms with van der Waals surface area (Å²) in [7, 11) is -4.52. The summed E-state index contributed by atoms with van der Waals surface area (Å²) < 4.78 is 53.3. The van der Waals surface area contributed by atoms with Gasteiger partial charge in [0, 0.05) is 25.4 Å². The van der Waals surface area contributed by atoms with E-state index in [-0.39, 0.29) is 11.0 Å². The van der Waals surface area contributed by atoms with E-state index in [4.69, 9.17) is 4.74 Å². The van der Waals surface area contributed by atoms with Crippen LogP contribution in [0.25, 0.3) is 0 Å². The number of sulfone groups is 1. The van der Waals surface area contributed by atoms with Crippen molar-refractivity contribution < 1.29 is 21.9 Å². The molecule has 1 unspecified atom stereocenters. The largest absolute Gasteiger partial charge is 0.376 e. The lowest BCUT2D eigenvalue weighted by Gasteiger charge is -2.26. The molecule has 1 heterocycles. The van der Waals surface area contributed by atoms with Gasteiger partial charge in [-0.15, -0.1) is 0 Å². The van der Waals surface area contributed by atoms with Crippen LogP contribution in [0.5, 0.6) is 0 Å². The summed E-state index contributed by atoms with van der Waals surface area (Å²) in [5, 5.41) is 0. The van der Waals surface area contributed by atoms with E-state index < -0.39 is 15.6 Å². The van der Waals surface area contributed by atoms with Crippen molar-refractivity contribution in [1.29, 1.82) is 0 Å². The highest BCUT2D eigenvalue weighted by molar-refractivity contribution is 7.91. The van der Waals surface area contributed by atoms with Crippen molar-refractivity contribution in [3.8, 4) is 0 Å². The van der Waals surface area contributed by atoms with Crippen molar-refractivity contribution >= 4 is 15.5 Å². The topological polar surface area (TPSA) is 46.6 Å². The van der Waals surface area contributed by atoms with Gasteiger partial charge >= 0.3 is 5.76 Å². The fraction of sp³-hybridized carbons (Fsp3) is 0.571. The Morgan fingerprint density at radius 3 is 2.48 bits per heavy atom. The van der Waals surface area contributed by atoms with Gasteiger partial charge in [-0.25, -0.2) is 8.42 Å². The fourth-order valence-electron chi connectivity index (χ4n) is 2.40. The van der Waals surface area contributed by atoms with Crippen LogP contribution in [-0.4, -0.2) is 40.0 Å². The van der Waals surface area contributed by atoms with Gasteiger partial charge in [-0.3, -0.25) is 0 Å². The molecule has 0 N–H and O–H groups in total. The smallest absolute Gasteiger partial charge is 0.341 e. The molecule has 1 aliphatic heterocycles. The molecule has 1 atom stereocenters. The maximum atomic E-state index is 12.5. The molecule has 21 heavy (non-hydrogen) atoms. The predicted molar refractivity (Wildman–Crippen MR) is 76.5 cm³/mol. The number of halogens is 2. The fourth-order valence-corrected chi connectivity index (χ4v) is 3.12. The summed E-state index contributed by atoms with van der Waals surface area (Å²) in [6, 6.07) is 5.59. The second-order valence-electron chi connectivity index (χ2n) is 4.97. The molecule has 0 bridgehead atoms. The second-order valence-corrected chi connectivity index (χ2v) is 6.89. The van der Waals surface area contributed by atoms with Crippen LogP contribution in [0.2, 0.25) is 0 Å². The second kappa shape index (κ2) is 6.70. The molecule has 0 spiro atoms. The Bertz CT molecular complexity index is 554. The van der Waals surface area contributed by atoms with E-state index in [1.54, 1.807) is 12.1 Å². The number of hydrogen-bond acceptors (Lipinski definition) is 4. The first-order chi connectivity index (χ1) is 9.95. The van der Waals surface area contributed by atoms with E-state index >= 15 is 0 Å². The van der Waals surface area contributed by atoms with Crippen LogP contribution in [0.1, 0.15) is 19.8 Å². The van der Waals surface area contributed by atoms with Gasteiger partial charge in [0.1, 0.15) is 0 Å². The summed E-state index contributed by atoms with van der Waals surface area (Å²) in [6.07, 6.45) is 2.23. The Morgan fingerprint density at radius 1 is 1.33 bits per heavy atom. The van der Waals surface area contributed by atoms with Crippen LogP contribution in [0.3, 0.4) is 0 Å². The number of anilines is 1. The molecule has 0 saturated carbocycles. The maximum Gasteiger partial charge on any atom is 0.341 e. The van der Waals surface area contributed by atoms with Gasteiger partial charge in [0.05, 0.1) is 11.0 Å². The minimum absolute atomic E-state index is 0.175. The number of benzene rings is 1. The summed E-state index contributed by atoms with van der Waals surface area (Å²) in [4.78, 5) is 1.70. The number of hydrogen-bond donors (Lipinski definition) is 0. The summed E-state index contributed by atoms with van der Waals surface area (Å²) in [5.41, 5.74) is 0.807. The normalized spacial score (nSPS) is 19.1. The van der Waals surface area contributed by atoms with Crippen LogP contribution >= 0.6 is 0 Å². The van der Waals surface area contributed by atoms with Gasteiger partial charge in [-0.05, 0) is 44.0 Å². The molecular formula is C14H19F2NO3S. The molecule has 1 aromatic rings.